The molecule has 0 radical (unpaired) electrons. The Balaban J connectivity index is 2.04. The topological polar surface area (TPSA) is 26.3 Å². The van der Waals surface area contributed by atoms with Crippen LogP contribution in [0.15, 0.2) is 42.5 Å². The second kappa shape index (κ2) is 6.93. The van der Waals surface area contributed by atoms with Crippen molar-refractivity contribution >= 4 is 5.97 Å². The number of esters is 1. The Kier molecular flexibility index (Phi) is 5.22. The second-order valence-corrected chi connectivity index (χ2v) is 6.86. The number of ether oxygens (including phenoxy) is 1. The van der Waals surface area contributed by atoms with Gasteiger partial charge in [-0.25, -0.2) is 4.79 Å². The summed E-state index contributed by atoms with van der Waals surface area (Å²) < 4.78 is 5.34. The predicted molar refractivity (Wildman–Crippen MR) is 86.1 cm³/mol. The lowest BCUT2D eigenvalue weighted by molar-refractivity contribution is -0.148. The van der Waals surface area contributed by atoms with Gasteiger partial charge in [-0.1, -0.05) is 49.2 Å². The van der Waals surface area contributed by atoms with Gasteiger partial charge >= 0.3 is 5.97 Å². The second-order valence-electron chi connectivity index (χ2n) is 6.86. The van der Waals surface area contributed by atoms with Crippen molar-refractivity contribution in [1.82, 2.24) is 0 Å². The van der Waals surface area contributed by atoms with Crippen LogP contribution in [0.2, 0.25) is 0 Å². The lowest BCUT2D eigenvalue weighted by Gasteiger charge is -2.30. The first kappa shape index (κ1) is 15.8. The first-order valence-electron chi connectivity index (χ1n) is 7.92. The maximum Gasteiger partial charge on any atom is 0.330 e. The maximum atomic E-state index is 11.8. The number of rotatable bonds is 3. The molecule has 0 spiro atoms. The summed E-state index contributed by atoms with van der Waals surface area (Å²) in [4.78, 5) is 11.8. The zero-order valence-electron chi connectivity index (χ0n) is 13.3. The number of hydrogen-bond donors (Lipinski definition) is 0. The number of carbonyl (C=O) groups is 1. The molecule has 0 unspecified atom stereocenters. The van der Waals surface area contributed by atoms with Crippen molar-refractivity contribution in [1.29, 1.82) is 0 Å². The van der Waals surface area contributed by atoms with E-state index < -0.39 is 5.60 Å². The van der Waals surface area contributed by atoms with E-state index in [2.05, 4.69) is 36.4 Å². The van der Waals surface area contributed by atoms with Crippen LogP contribution in [0.4, 0.5) is 0 Å². The van der Waals surface area contributed by atoms with E-state index in [-0.39, 0.29) is 5.97 Å². The Labute approximate surface area is 128 Å². The molecule has 1 aliphatic rings. The minimum atomic E-state index is -0.424. The van der Waals surface area contributed by atoms with Gasteiger partial charge in [0.15, 0.2) is 0 Å². The largest absolute Gasteiger partial charge is 0.457 e. The molecule has 1 aliphatic carbocycles. The van der Waals surface area contributed by atoms with Crippen molar-refractivity contribution < 1.29 is 9.53 Å². The highest BCUT2D eigenvalue weighted by atomic mass is 16.6. The van der Waals surface area contributed by atoms with Crippen LogP contribution in [-0.2, 0) is 9.53 Å². The van der Waals surface area contributed by atoms with Gasteiger partial charge in [-0.05, 0) is 51.0 Å². The number of carbonyl (C=O) groups excluding carboxylic acids is 1. The SMILES string of the molecule is CC(C)(C)OC(=O)/C=C/[C@@H]1CCCC[C@H]1c1ccccc1. The van der Waals surface area contributed by atoms with E-state index in [1.807, 2.05) is 20.8 Å². The van der Waals surface area contributed by atoms with Gasteiger partial charge in [0.2, 0.25) is 0 Å². The van der Waals surface area contributed by atoms with Crippen molar-refractivity contribution in [3.05, 3.63) is 48.0 Å². The average Bonchev–Trinajstić information content (AvgIpc) is 2.45. The van der Waals surface area contributed by atoms with Crippen LogP contribution in [0.5, 0.6) is 0 Å². The Hall–Kier alpha value is -1.57. The van der Waals surface area contributed by atoms with Crippen molar-refractivity contribution in [3.63, 3.8) is 0 Å². The Morgan fingerprint density at radius 2 is 1.81 bits per heavy atom. The lowest BCUT2D eigenvalue weighted by atomic mass is 9.75. The fourth-order valence-corrected chi connectivity index (χ4v) is 3.04. The van der Waals surface area contributed by atoms with Crippen molar-refractivity contribution in [2.75, 3.05) is 0 Å². The maximum absolute atomic E-state index is 11.8. The number of allylic oxidation sites excluding steroid dienone is 1. The minimum absolute atomic E-state index is 0.236. The van der Waals surface area contributed by atoms with E-state index in [9.17, 15) is 4.79 Å². The first-order valence-corrected chi connectivity index (χ1v) is 7.92. The van der Waals surface area contributed by atoms with Crippen LogP contribution in [0.3, 0.4) is 0 Å². The quantitative estimate of drug-likeness (QED) is 0.586. The molecule has 114 valence electrons. The van der Waals surface area contributed by atoms with Crippen molar-refractivity contribution in [2.24, 2.45) is 5.92 Å². The smallest absolute Gasteiger partial charge is 0.330 e. The van der Waals surface area contributed by atoms with Gasteiger partial charge in [0.1, 0.15) is 5.60 Å². The number of benzene rings is 1. The third kappa shape index (κ3) is 5.04. The summed E-state index contributed by atoms with van der Waals surface area (Å²) in [5.74, 6) is 0.729. The molecule has 0 N–H and O–H groups in total. The molecule has 2 heteroatoms. The molecule has 0 bridgehead atoms. The molecule has 0 heterocycles. The first-order chi connectivity index (χ1) is 9.96. The summed E-state index contributed by atoms with van der Waals surface area (Å²) in [6.45, 7) is 5.68. The Morgan fingerprint density at radius 3 is 2.48 bits per heavy atom. The zero-order chi connectivity index (χ0) is 15.3. The van der Waals surface area contributed by atoms with Gasteiger partial charge in [-0.15, -0.1) is 0 Å². The van der Waals surface area contributed by atoms with Gasteiger partial charge in [0, 0.05) is 6.08 Å². The van der Waals surface area contributed by atoms with Crippen LogP contribution in [0, 0.1) is 5.92 Å². The third-order valence-electron chi connectivity index (χ3n) is 3.93. The molecule has 2 nitrogen and oxygen atoms in total. The summed E-state index contributed by atoms with van der Waals surface area (Å²) >= 11 is 0. The molecule has 2 atom stereocenters. The predicted octanol–water partition coefficient (Wildman–Crippen LogP) is 4.86. The summed E-state index contributed by atoms with van der Waals surface area (Å²) in [7, 11) is 0. The highest BCUT2D eigenvalue weighted by molar-refractivity contribution is 5.82. The molecular weight excluding hydrogens is 260 g/mol. The zero-order valence-corrected chi connectivity index (χ0v) is 13.3. The van der Waals surface area contributed by atoms with Gasteiger partial charge in [0.25, 0.3) is 0 Å². The fourth-order valence-electron chi connectivity index (χ4n) is 3.04. The molecule has 0 saturated heterocycles. The summed E-state index contributed by atoms with van der Waals surface area (Å²) in [6.07, 6.45) is 8.55. The van der Waals surface area contributed by atoms with Gasteiger partial charge < -0.3 is 4.74 Å². The van der Waals surface area contributed by atoms with Gasteiger partial charge in [0.05, 0.1) is 0 Å². The third-order valence-corrected chi connectivity index (χ3v) is 3.93. The van der Waals surface area contributed by atoms with E-state index in [1.54, 1.807) is 6.08 Å². The highest BCUT2D eigenvalue weighted by Crippen LogP contribution is 2.38. The molecule has 1 aromatic carbocycles. The summed E-state index contributed by atoms with van der Waals surface area (Å²) in [5.41, 5.74) is 0.961. The van der Waals surface area contributed by atoms with E-state index in [0.29, 0.717) is 11.8 Å². The van der Waals surface area contributed by atoms with E-state index in [0.717, 1.165) is 6.42 Å². The Morgan fingerprint density at radius 1 is 1.14 bits per heavy atom. The monoisotopic (exact) mass is 286 g/mol. The molecular formula is C19H26O2. The van der Waals surface area contributed by atoms with Crippen LogP contribution in [0.1, 0.15) is 57.9 Å². The van der Waals surface area contributed by atoms with Crippen LogP contribution >= 0.6 is 0 Å². The molecule has 0 amide bonds. The van der Waals surface area contributed by atoms with Crippen LogP contribution in [0.25, 0.3) is 0 Å². The van der Waals surface area contributed by atoms with Crippen molar-refractivity contribution in [2.45, 2.75) is 58.0 Å². The molecule has 2 rings (SSSR count). The Bertz CT molecular complexity index is 482. The molecule has 1 saturated carbocycles. The summed E-state index contributed by atoms with van der Waals surface area (Å²) in [6, 6.07) is 10.6. The normalized spacial score (nSPS) is 23.2. The fraction of sp³-hybridized carbons (Fsp3) is 0.526. The van der Waals surface area contributed by atoms with Gasteiger partial charge in [-0.3, -0.25) is 0 Å². The molecule has 0 aromatic heterocycles. The molecule has 1 fully saturated rings. The van der Waals surface area contributed by atoms with Crippen LogP contribution < -0.4 is 0 Å². The van der Waals surface area contributed by atoms with Crippen molar-refractivity contribution in [3.8, 4) is 0 Å². The van der Waals surface area contributed by atoms with Gasteiger partial charge in [-0.2, -0.15) is 0 Å². The standard InChI is InChI=1S/C19H26O2/c1-19(2,3)21-18(20)14-13-16-11-7-8-12-17(16)15-9-5-4-6-10-15/h4-6,9-10,13-14,16-17H,7-8,11-12H2,1-3H3/b14-13+/t16-,17-/m0/s1. The summed E-state index contributed by atoms with van der Waals surface area (Å²) in [5, 5.41) is 0. The minimum Gasteiger partial charge on any atom is -0.457 e. The average molecular weight is 286 g/mol. The number of hydrogen-bond acceptors (Lipinski definition) is 2. The molecule has 1 aromatic rings. The highest BCUT2D eigenvalue weighted by Gasteiger charge is 2.24. The van der Waals surface area contributed by atoms with E-state index >= 15 is 0 Å². The lowest BCUT2D eigenvalue weighted by Crippen LogP contribution is -2.23. The molecule has 21 heavy (non-hydrogen) atoms. The van der Waals surface area contributed by atoms with E-state index in [4.69, 9.17) is 4.74 Å². The van der Waals surface area contributed by atoms with E-state index in [1.165, 1.54) is 24.8 Å². The molecule has 0 aliphatic heterocycles. The van der Waals surface area contributed by atoms with Crippen LogP contribution in [-0.4, -0.2) is 11.6 Å².